The molecule has 21 heavy (non-hydrogen) atoms. The molecular weight excluding hydrogens is 268 g/mol. The lowest BCUT2D eigenvalue weighted by molar-refractivity contribution is -0.136. The first-order valence-corrected chi connectivity index (χ1v) is 7.78. The number of hydrogen-bond acceptors (Lipinski definition) is 5. The highest BCUT2D eigenvalue weighted by Gasteiger charge is 2.29. The number of carbonyl (C=O) groups excluding carboxylic acids is 1. The molecule has 0 saturated carbocycles. The van der Waals surface area contributed by atoms with Gasteiger partial charge in [0.1, 0.15) is 5.76 Å². The Morgan fingerprint density at radius 3 is 2.67 bits per heavy atom. The molecule has 6 nitrogen and oxygen atoms in total. The van der Waals surface area contributed by atoms with E-state index in [1.807, 2.05) is 18.7 Å². The molecule has 0 unspecified atom stereocenters. The normalized spacial score (nSPS) is 23.7. The number of rotatable bonds is 3. The Hall–Kier alpha value is -1.40. The van der Waals surface area contributed by atoms with Gasteiger partial charge in [-0.15, -0.1) is 0 Å². The van der Waals surface area contributed by atoms with Crippen molar-refractivity contribution < 1.29 is 9.21 Å². The first-order valence-electron chi connectivity index (χ1n) is 7.78. The van der Waals surface area contributed by atoms with E-state index in [4.69, 9.17) is 4.42 Å². The van der Waals surface area contributed by atoms with Crippen molar-refractivity contribution >= 4 is 5.91 Å². The van der Waals surface area contributed by atoms with Gasteiger partial charge in [0.25, 0.3) is 0 Å². The molecule has 2 aliphatic heterocycles. The molecule has 6 heteroatoms. The van der Waals surface area contributed by atoms with Crippen molar-refractivity contribution in [1.29, 1.82) is 0 Å². The molecule has 0 spiro atoms. The van der Waals surface area contributed by atoms with Crippen LogP contribution in [0, 0.1) is 19.8 Å². The second-order valence-corrected chi connectivity index (χ2v) is 6.04. The summed E-state index contributed by atoms with van der Waals surface area (Å²) in [6.45, 7) is 9.88. The van der Waals surface area contributed by atoms with Crippen LogP contribution in [0.25, 0.3) is 0 Å². The summed E-state index contributed by atoms with van der Waals surface area (Å²) < 4.78 is 5.63. The lowest BCUT2D eigenvalue weighted by Crippen LogP contribution is -2.50. The van der Waals surface area contributed by atoms with Gasteiger partial charge in [0.15, 0.2) is 0 Å². The summed E-state index contributed by atoms with van der Waals surface area (Å²) in [6, 6.07) is 0. The zero-order valence-electron chi connectivity index (χ0n) is 12.9. The highest BCUT2D eigenvalue weighted by Crippen LogP contribution is 2.15. The van der Waals surface area contributed by atoms with Gasteiger partial charge in [-0.1, -0.05) is 0 Å². The molecule has 1 atom stereocenters. The van der Waals surface area contributed by atoms with Crippen LogP contribution in [0.1, 0.15) is 23.8 Å². The van der Waals surface area contributed by atoms with E-state index in [2.05, 4.69) is 15.2 Å². The summed E-state index contributed by atoms with van der Waals surface area (Å²) in [5.74, 6) is 2.19. The second-order valence-electron chi connectivity index (χ2n) is 6.04. The van der Waals surface area contributed by atoms with E-state index in [1.165, 1.54) is 0 Å². The monoisotopic (exact) mass is 292 g/mol. The average molecular weight is 292 g/mol. The number of piperazine rings is 1. The summed E-state index contributed by atoms with van der Waals surface area (Å²) in [5.41, 5.74) is 0.965. The third kappa shape index (κ3) is 3.27. The number of hydrogen-bond donors (Lipinski definition) is 1. The van der Waals surface area contributed by atoms with Crippen molar-refractivity contribution in [1.82, 2.24) is 20.1 Å². The lowest BCUT2D eigenvalue weighted by atomic mass is 10.1. The van der Waals surface area contributed by atoms with Gasteiger partial charge in [0.2, 0.25) is 11.8 Å². The average Bonchev–Trinajstić information content (AvgIpc) is 3.10. The minimum atomic E-state index is 0.189. The van der Waals surface area contributed by atoms with Crippen LogP contribution in [0.15, 0.2) is 4.42 Å². The Kier molecular flexibility index (Phi) is 4.26. The Balaban J connectivity index is 1.49. The van der Waals surface area contributed by atoms with Crippen LogP contribution in [-0.2, 0) is 11.3 Å². The number of aromatic nitrogens is 1. The first-order chi connectivity index (χ1) is 10.1. The van der Waals surface area contributed by atoms with Crippen LogP contribution in [0.4, 0.5) is 0 Å². The minimum absolute atomic E-state index is 0.189. The second kappa shape index (κ2) is 6.15. The van der Waals surface area contributed by atoms with Crippen LogP contribution < -0.4 is 5.32 Å². The highest BCUT2D eigenvalue weighted by molar-refractivity contribution is 5.79. The summed E-state index contributed by atoms with van der Waals surface area (Å²) in [6.07, 6.45) is 0.980. The van der Waals surface area contributed by atoms with E-state index in [9.17, 15) is 4.79 Å². The fourth-order valence-corrected chi connectivity index (χ4v) is 3.05. The van der Waals surface area contributed by atoms with Crippen molar-refractivity contribution in [2.45, 2.75) is 26.8 Å². The maximum atomic E-state index is 12.3. The summed E-state index contributed by atoms with van der Waals surface area (Å²) >= 11 is 0. The highest BCUT2D eigenvalue weighted by atomic mass is 16.4. The first kappa shape index (κ1) is 14.5. The summed E-state index contributed by atoms with van der Waals surface area (Å²) in [5, 5.41) is 3.26. The molecule has 0 radical (unpaired) electrons. The third-order valence-corrected chi connectivity index (χ3v) is 4.53. The topological polar surface area (TPSA) is 61.6 Å². The molecular formula is C15H24N4O2. The number of nitrogens with zero attached hydrogens (tertiary/aromatic N) is 3. The van der Waals surface area contributed by atoms with E-state index in [1.54, 1.807) is 0 Å². The Labute approximate surface area is 125 Å². The van der Waals surface area contributed by atoms with Crippen LogP contribution in [0.2, 0.25) is 0 Å². The largest absolute Gasteiger partial charge is 0.444 e. The lowest BCUT2D eigenvalue weighted by Gasteiger charge is -2.35. The van der Waals surface area contributed by atoms with E-state index in [0.29, 0.717) is 5.91 Å². The number of oxazole rings is 1. The molecule has 3 rings (SSSR count). The number of carbonyl (C=O) groups is 1. The van der Waals surface area contributed by atoms with E-state index < -0.39 is 0 Å². The molecule has 1 aromatic heterocycles. The zero-order chi connectivity index (χ0) is 14.8. The van der Waals surface area contributed by atoms with Crippen LogP contribution >= 0.6 is 0 Å². The minimum Gasteiger partial charge on any atom is -0.444 e. The molecule has 0 aliphatic carbocycles. The predicted molar refractivity (Wildman–Crippen MR) is 78.8 cm³/mol. The van der Waals surface area contributed by atoms with Crippen molar-refractivity contribution in [2.24, 2.45) is 5.92 Å². The van der Waals surface area contributed by atoms with Crippen molar-refractivity contribution in [3.63, 3.8) is 0 Å². The number of aryl methyl sites for hydroxylation is 2. The molecule has 3 heterocycles. The molecule has 0 bridgehead atoms. The van der Waals surface area contributed by atoms with Crippen LogP contribution in [0.3, 0.4) is 0 Å². The number of nitrogens with one attached hydrogen (secondary N) is 1. The summed E-state index contributed by atoms with van der Waals surface area (Å²) in [4.78, 5) is 21.1. The Morgan fingerprint density at radius 1 is 1.33 bits per heavy atom. The maximum Gasteiger partial charge on any atom is 0.227 e. The molecule has 2 aliphatic rings. The molecule has 2 saturated heterocycles. The van der Waals surface area contributed by atoms with E-state index in [-0.39, 0.29) is 5.92 Å². The molecule has 1 aromatic rings. The van der Waals surface area contributed by atoms with Gasteiger partial charge in [-0.3, -0.25) is 9.69 Å². The Morgan fingerprint density at radius 2 is 2.10 bits per heavy atom. The fourth-order valence-electron chi connectivity index (χ4n) is 3.05. The molecule has 116 valence electrons. The van der Waals surface area contributed by atoms with Gasteiger partial charge in [-0.05, 0) is 26.8 Å². The molecule has 1 N–H and O–H groups in total. The number of amides is 1. The van der Waals surface area contributed by atoms with Crippen molar-refractivity contribution in [2.75, 3.05) is 39.3 Å². The van der Waals surface area contributed by atoms with E-state index in [0.717, 1.165) is 69.6 Å². The third-order valence-electron chi connectivity index (χ3n) is 4.53. The van der Waals surface area contributed by atoms with Gasteiger partial charge in [-0.2, -0.15) is 0 Å². The van der Waals surface area contributed by atoms with Gasteiger partial charge in [0.05, 0.1) is 18.2 Å². The van der Waals surface area contributed by atoms with E-state index >= 15 is 0 Å². The summed E-state index contributed by atoms with van der Waals surface area (Å²) in [7, 11) is 0. The molecule has 2 fully saturated rings. The van der Waals surface area contributed by atoms with Gasteiger partial charge >= 0.3 is 0 Å². The quantitative estimate of drug-likeness (QED) is 0.881. The van der Waals surface area contributed by atoms with Crippen LogP contribution in [0.5, 0.6) is 0 Å². The fraction of sp³-hybridized carbons (Fsp3) is 0.733. The smallest absolute Gasteiger partial charge is 0.227 e. The standard InChI is InChI=1S/C15H24N4O2/c1-11-12(2)21-14(17-11)10-18-5-7-19(8-6-18)15(20)13-3-4-16-9-13/h13,16H,3-10H2,1-2H3/t13-/m0/s1. The molecule has 0 aromatic carbocycles. The Bertz CT molecular complexity index is 480. The molecule has 1 amide bonds. The van der Waals surface area contributed by atoms with Crippen molar-refractivity contribution in [3.8, 4) is 0 Å². The SMILES string of the molecule is Cc1nc(CN2CCN(C(=O)[C@H]3CCNC3)CC2)oc1C. The van der Waals surface area contributed by atoms with Gasteiger partial charge in [-0.25, -0.2) is 4.98 Å². The predicted octanol–water partition coefficient (Wildman–Crippen LogP) is 0.545. The van der Waals surface area contributed by atoms with Gasteiger partial charge in [0, 0.05) is 32.7 Å². The zero-order valence-corrected chi connectivity index (χ0v) is 12.9. The van der Waals surface area contributed by atoms with Gasteiger partial charge < -0.3 is 14.6 Å². The van der Waals surface area contributed by atoms with Crippen LogP contribution in [-0.4, -0.2) is 60.0 Å². The van der Waals surface area contributed by atoms with Crippen molar-refractivity contribution in [3.05, 3.63) is 17.3 Å². The maximum absolute atomic E-state index is 12.3.